The molecule has 1 aromatic heterocycles. The number of aryl methyl sites for hydroxylation is 3. The number of nitrogens with zero attached hydrogens (tertiary/aromatic N) is 1. The minimum absolute atomic E-state index is 0.0698. The summed E-state index contributed by atoms with van der Waals surface area (Å²) in [5.74, 6) is 0.446. The van der Waals surface area contributed by atoms with Crippen molar-refractivity contribution in [2.24, 2.45) is 0 Å². The van der Waals surface area contributed by atoms with Crippen molar-refractivity contribution in [3.05, 3.63) is 99.9 Å². The third-order valence-corrected chi connectivity index (χ3v) is 6.98. The maximum Gasteiger partial charge on any atom is 0.238 e. The van der Waals surface area contributed by atoms with E-state index >= 15 is 0 Å². The predicted octanol–water partition coefficient (Wildman–Crippen LogP) is 6.00. The van der Waals surface area contributed by atoms with Crippen LogP contribution in [0.2, 0.25) is 0 Å². The SMILES string of the molecule is COc1cc2c(cc1C)-c1nc(NC(=O)C(c3ccccc3)c3ccccc3)sc1CC2. The topological polar surface area (TPSA) is 51.2 Å². The van der Waals surface area contributed by atoms with Crippen LogP contribution in [-0.4, -0.2) is 18.0 Å². The number of ether oxygens (including phenoxy) is 1. The highest BCUT2D eigenvalue weighted by Crippen LogP contribution is 2.41. The maximum absolute atomic E-state index is 13.4. The third kappa shape index (κ3) is 3.80. The Morgan fingerprint density at radius 2 is 1.66 bits per heavy atom. The van der Waals surface area contributed by atoms with Crippen LogP contribution < -0.4 is 10.1 Å². The zero-order valence-corrected chi connectivity index (χ0v) is 18.9. The minimum atomic E-state index is -0.392. The first kappa shape index (κ1) is 20.5. The van der Waals surface area contributed by atoms with Gasteiger partial charge in [-0.1, -0.05) is 60.7 Å². The molecule has 1 heterocycles. The number of hydrogen-bond acceptors (Lipinski definition) is 4. The molecule has 0 atom stereocenters. The molecule has 0 bridgehead atoms. The summed E-state index contributed by atoms with van der Waals surface area (Å²) in [6.45, 7) is 2.05. The van der Waals surface area contributed by atoms with E-state index in [1.807, 2.05) is 67.6 Å². The van der Waals surface area contributed by atoms with E-state index in [-0.39, 0.29) is 5.91 Å². The summed E-state index contributed by atoms with van der Waals surface area (Å²) in [6, 6.07) is 24.0. The number of carbonyl (C=O) groups excluding carboxylic acids is 1. The Labute approximate surface area is 191 Å². The molecule has 0 spiro atoms. The van der Waals surface area contributed by atoms with Gasteiger partial charge in [-0.15, -0.1) is 11.3 Å². The Morgan fingerprint density at radius 1 is 1.00 bits per heavy atom. The lowest BCUT2D eigenvalue weighted by Crippen LogP contribution is -2.22. The highest BCUT2D eigenvalue weighted by atomic mass is 32.1. The van der Waals surface area contributed by atoms with Crippen LogP contribution in [0.25, 0.3) is 11.3 Å². The van der Waals surface area contributed by atoms with E-state index in [9.17, 15) is 4.79 Å². The molecule has 160 valence electrons. The molecular formula is C27H24N2O2S. The summed E-state index contributed by atoms with van der Waals surface area (Å²) in [4.78, 5) is 19.5. The molecule has 3 aromatic carbocycles. The van der Waals surface area contributed by atoms with Gasteiger partial charge in [-0.05, 0) is 54.2 Å². The average molecular weight is 441 g/mol. The number of nitrogens with one attached hydrogen (secondary N) is 1. The number of rotatable bonds is 5. The van der Waals surface area contributed by atoms with E-state index in [0.717, 1.165) is 46.5 Å². The smallest absolute Gasteiger partial charge is 0.238 e. The molecule has 1 aliphatic rings. The molecule has 0 fully saturated rings. The average Bonchev–Trinajstić information content (AvgIpc) is 3.23. The lowest BCUT2D eigenvalue weighted by Gasteiger charge is -2.17. The summed E-state index contributed by atoms with van der Waals surface area (Å²) < 4.78 is 5.49. The molecule has 4 aromatic rings. The van der Waals surface area contributed by atoms with Gasteiger partial charge in [0.15, 0.2) is 5.13 Å². The first-order chi connectivity index (χ1) is 15.6. The molecule has 5 rings (SSSR count). The number of fused-ring (bicyclic) bond motifs is 3. The second kappa shape index (κ2) is 8.60. The fourth-order valence-corrected chi connectivity index (χ4v) is 5.35. The molecule has 0 saturated carbocycles. The van der Waals surface area contributed by atoms with Gasteiger partial charge in [0.25, 0.3) is 0 Å². The van der Waals surface area contributed by atoms with E-state index in [1.54, 1.807) is 18.4 Å². The van der Waals surface area contributed by atoms with Gasteiger partial charge < -0.3 is 10.1 Å². The molecule has 0 aliphatic heterocycles. The van der Waals surface area contributed by atoms with E-state index in [0.29, 0.717) is 5.13 Å². The number of benzene rings is 3. The van der Waals surface area contributed by atoms with Crippen LogP contribution >= 0.6 is 11.3 Å². The van der Waals surface area contributed by atoms with Gasteiger partial charge in [-0.25, -0.2) is 4.98 Å². The Balaban J connectivity index is 1.47. The molecule has 1 N–H and O–H groups in total. The van der Waals surface area contributed by atoms with Crippen molar-refractivity contribution in [2.45, 2.75) is 25.7 Å². The van der Waals surface area contributed by atoms with Crippen molar-refractivity contribution in [3.63, 3.8) is 0 Å². The number of amides is 1. The molecular weight excluding hydrogens is 416 g/mol. The minimum Gasteiger partial charge on any atom is -0.496 e. The number of thiazole rings is 1. The first-order valence-corrected chi connectivity index (χ1v) is 11.5. The largest absolute Gasteiger partial charge is 0.496 e. The quantitative estimate of drug-likeness (QED) is 0.414. The number of carbonyl (C=O) groups is 1. The van der Waals surface area contributed by atoms with Crippen molar-refractivity contribution in [1.82, 2.24) is 4.98 Å². The maximum atomic E-state index is 13.4. The van der Waals surface area contributed by atoms with Gasteiger partial charge in [-0.3, -0.25) is 4.79 Å². The monoisotopic (exact) mass is 440 g/mol. The molecule has 1 aliphatic carbocycles. The Bertz CT molecular complexity index is 1230. The van der Waals surface area contributed by atoms with Gasteiger partial charge in [0.2, 0.25) is 5.91 Å². The molecule has 0 saturated heterocycles. The summed E-state index contributed by atoms with van der Waals surface area (Å²) in [5, 5.41) is 3.76. The molecule has 1 amide bonds. The Hall–Kier alpha value is -3.44. The molecule has 5 heteroatoms. The van der Waals surface area contributed by atoms with Crippen LogP contribution in [0, 0.1) is 6.92 Å². The number of hydrogen-bond donors (Lipinski definition) is 1. The van der Waals surface area contributed by atoms with Crippen molar-refractivity contribution in [3.8, 4) is 17.0 Å². The summed E-state index contributed by atoms with van der Waals surface area (Å²) >= 11 is 1.58. The van der Waals surface area contributed by atoms with Gasteiger partial charge >= 0.3 is 0 Å². The highest BCUT2D eigenvalue weighted by Gasteiger charge is 2.26. The number of methoxy groups -OCH3 is 1. The normalized spacial score (nSPS) is 12.2. The lowest BCUT2D eigenvalue weighted by atomic mass is 9.90. The van der Waals surface area contributed by atoms with E-state index in [1.165, 1.54) is 10.4 Å². The lowest BCUT2D eigenvalue weighted by molar-refractivity contribution is -0.116. The standard InChI is InChI=1S/C27H24N2O2S/c1-17-15-21-20(16-22(17)31-2)13-14-23-25(21)28-27(32-23)29-26(30)24(18-9-5-3-6-10-18)19-11-7-4-8-12-19/h3-12,15-16,24H,13-14H2,1-2H3,(H,28,29,30). The summed E-state index contributed by atoms with van der Waals surface area (Å²) in [6.07, 6.45) is 1.87. The summed E-state index contributed by atoms with van der Waals surface area (Å²) in [5.41, 5.74) is 6.38. The Kier molecular flexibility index (Phi) is 5.50. The van der Waals surface area contributed by atoms with E-state index in [4.69, 9.17) is 9.72 Å². The van der Waals surface area contributed by atoms with Gasteiger partial charge in [0.1, 0.15) is 5.75 Å². The van der Waals surface area contributed by atoms with Gasteiger partial charge in [0.05, 0.1) is 18.7 Å². The van der Waals surface area contributed by atoms with Crippen molar-refractivity contribution in [1.29, 1.82) is 0 Å². The van der Waals surface area contributed by atoms with E-state index in [2.05, 4.69) is 17.4 Å². The molecule has 32 heavy (non-hydrogen) atoms. The van der Waals surface area contributed by atoms with E-state index < -0.39 is 5.92 Å². The predicted molar refractivity (Wildman–Crippen MR) is 130 cm³/mol. The third-order valence-electron chi connectivity index (χ3n) is 5.95. The summed E-state index contributed by atoms with van der Waals surface area (Å²) in [7, 11) is 1.70. The second-order valence-electron chi connectivity index (χ2n) is 8.01. The van der Waals surface area contributed by atoms with Crippen LogP contribution in [0.4, 0.5) is 5.13 Å². The van der Waals surface area contributed by atoms with Crippen molar-refractivity contribution >= 4 is 22.4 Å². The van der Waals surface area contributed by atoms with Crippen LogP contribution in [0.1, 0.15) is 33.0 Å². The van der Waals surface area contributed by atoms with Crippen LogP contribution in [-0.2, 0) is 17.6 Å². The Morgan fingerprint density at radius 3 is 2.28 bits per heavy atom. The van der Waals surface area contributed by atoms with Crippen molar-refractivity contribution in [2.75, 3.05) is 12.4 Å². The molecule has 4 nitrogen and oxygen atoms in total. The molecule has 0 radical (unpaired) electrons. The van der Waals surface area contributed by atoms with Gasteiger partial charge in [-0.2, -0.15) is 0 Å². The zero-order valence-electron chi connectivity index (χ0n) is 18.1. The second-order valence-corrected chi connectivity index (χ2v) is 9.10. The zero-order chi connectivity index (χ0) is 22.1. The number of aromatic nitrogens is 1. The van der Waals surface area contributed by atoms with Gasteiger partial charge in [0, 0.05) is 10.4 Å². The van der Waals surface area contributed by atoms with Crippen LogP contribution in [0.3, 0.4) is 0 Å². The highest BCUT2D eigenvalue weighted by molar-refractivity contribution is 7.16. The van der Waals surface area contributed by atoms with Crippen LogP contribution in [0.5, 0.6) is 5.75 Å². The van der Waals surface area contributed by atoms with Crippen molar-refractivity contribution < 1.29 is 9.53 Å². The fraction of sp³-hybridized carbons (Fsp3) is 0.185. The first-order valence-electron chi connectivity index (χ1n) is 10.7. The molecule has 0 unspecified atom stereocenters. The van der Waals surface area contributed by atoms with Crippen LogP contribution in [0.15, 0.2) is 72.8 Å². The fourth-order valence-electron chi connectivity index (χ4n) is 4.37. The number of anilines is 1.